The topological polar surface area (TPSA) is 3.24 Å². The molecule has 8 aliphatic carbocycles. The largest absolute Gasteiger partial charge is 0.334 e. The summed E-state index contributed by atoms with van der Waals surface area (Å²) in [7, 11) is 0. The van der Waals surface area contributed by atoms with Crippen LogP contribution in [0.5, 0.6) is 0 Å². The number of rotatable bonds is 5. The second-order valence-electron chi connectivity index (χ2n) is 17.4. The lowest BCUT2D eigenvalue weighted by Crippen LogP contribution is -2.38. The number of hydrogen-bond acceptors (Lipinski definition) is 1. The maximum atomic E-state index is 2.93. The van der Waals surface area contributed by atoms with E-state index in [0.717, 1.165) is 6.42 Å². The van der Waals surface area contributed by atoms with Crippen molar-refractivity contribution >= 4 is 11.8 Å². The molecule has 51 heavy (non-hydrogen) atoms. The molecule has 1 fully saturated rings. The molecule has 0 aromatic heterocycles. The Morgan fingerprint density at radius 3 is 2.45 bits per heavy atom. The predicted molar refractivity (Wildman–Crippen MR) is 214 cm³/mol. The molecule has 6 unspecified atom stereocenters. The third-order valence-electron chi connectivity index (χ3n) is 14.7. The van der Waals surface area contributed by atoms with Crippen LogP contribution in [0.1, 0.15) is 114 Å². The normalized spacial score (nSPS) is 33.1. The van der Waals surface area contributed by atoms with E-state index >= 15 is 0 Å². The first-order chi connectivity index (χ1) is 25.1. The Morgan fingerprint density at radius 1 is 0.745 bits per heavy atom. The number of fused-ring (bicyclic) bond motifs is 6. The first-order valence-electron chi connectivity index (χ1n) is 20.6. The summed E-state index contributed by atoms with van der Waals surface area (Å²) < 4.78 is 0. The van der Waals surface area contributed by atoms with E-state index in [2.05, 4.69) is 128 Å². The fourth-order valence-electron chi connectivity index (χ4n) is 12.6. The molecule has 0 heterocycles. The molecule has 0 aliphatic heterocycles. The number of hydrogen-bond donors (Lipinski definition) is 0. The van der Waals surface area contributed by atoms with Crippen molar-refractivity contribution in [1.82, 2.24) is 0 Å². The number of nitrogens with zero attached hydrogens (tertiary/aromatic N) is 1. The lowest BCUT2D eigenvalue weighted by Gasteiger charge is -2.47. The van der Waals surface area contributed by atoms with Gasteiger partial charge in [0.05, 0.1) is 6.04 Å². The molecular formula is C50H55N. The number of anilines is 1. The molecule has 0 saturated heterocycles. The van der Waals surface area contributed by atoms with Crippen molar-refractivity contribution in [3.63, 3.8) is 0 Å². The van der Waals surface area contributed by atoms with Crippen LogP contribution in [-0.4, -0.2) is 0 Å². The summed E-state index contributed by atoms with van der Waals surface area (Å²) in [5.74, 6) is 2.29. The molecule has 1 heteroatoms. The summed E-state index contributed by atoms with van der Waals surface area (Å²) in [6.45, 7) is 5.21. The average molecular weight is 670 g/mol. The highest BCUT2D eigenvalue weighted by Crippen LogP contribution is 2.68. The SMILES string of the molecule is CC1(C)C2=CC(C3(C4=CCCCC4)C4=CCCC=C4C4=C3CCCC4)CCC2C2C=CC(N(c3ccccc3)C3CC=Cc4ccccc43)=CC21. The van der Waals surface area contributed by atoms with Gasteiger partial charge in [-0.15, -0.1) is 0 Å². The predicted octanol–water partition coefficient (Wildman–Crippen LogP) is 13.3. The number of para-hydroxylation sites is 1. The molecule has 6 atom stereocenters. The Balaban J connectivity index is 1.07. The van der Waals surface area contributed by atoms with Crippen LogP contribution in [0.4, 0.5) is 5.69 Å². The Morgan fingerprint density at radius 2 is 1.57 bits per heavy atom. The Bertz CT molecular complexity index is 1990. The van der Waals surface area contributed by atoms with Crippen molar-refractivity contribution in [3.8, 4) is 0 Å². The molecule has 0 N–H and O–H groups in total. The van der Waals surface area contributed by atoms with Crippen LogP contribution in [0.15, 0.2) is 142 Å². The summed E-state index contributed by atoms with van der Waals surface area (Å²) >= 11 is 0. The summed E-state index contributed by atoms with van der Waals surface area (Å²) in [4.78, 5) is 2.66. The van der Waals surface area contributed by atoms with Crippen LogP contribution in [0.25, 0.3) is 6.08 Å². The summed E-state index contributed by atoms with van der Waals surface area (Å²) in [6.07, 6.45) is 40.3. The second-order valence-corrected chi connectivity index (χ2v) is 17.4. The summed E-state index contributed by atoms with van der Waals surface area (Å²) in [5, 5.41) is 0. The zero-order chi connectivity index (χ0) is 34.2. The minimum Gasteiger partial charge on any atom is -0.334 e. The van der Waals surface area contributed by atoms with Crippen molar-refractivity contribution in [1.29, 1.82) is 0 Å². The fourth-order valence-corrected chi connectivity index (χ4v) is 12.6. The third-order valence-corrected chi connectivity index (χ3v) is 14.7. The summed E-state index contributed by atoms with van der Waals surface area (Å²) in [5.41, 5.74) is 16.3. The van der Waals surface area contributed by atoms with Gasteiger partial charge in [0.15, 0.2) is 0 Å². The van der Waals surface area contributed by atoms with Crippen molar-refractivity contribution in [2.24, 2.45) is 34.5 Å². The van der Waals surface area contributed by atoms with Gasteiger partial charge in [-0.1, -0.05) is 122 Å². The Hall–Kier alpha value is -3.84. The van der Waals surface area contributed by atoms with Crippen LogP contribution in [-0.2, 0) is 0 Å². The smallest absolute Gasteiger partial charge is 0.0631 e. The third kappa shape index (κ3) is 4.78. The van der Waals surface area contributed by atoms with Gasteiger partial charge in [0.25, 0.3) is 0 Å². The lowest BCUT2D eigenvalue weighted by molar-refractivity contribution is 0.282. The van der Waals surface area contributed by atoms with Gasteiger partial charge in [-0.2, -0.15) is 0 Å². The van der Waals surface area contributed by atoms with Gasteiger partial charge in [-0.3, -0.25) is 0 Å². The van der Waals surface area contributed by atoms with E-state index in [9.17, 15) is 0 Å². The first kappa shape index (κ1) is 31.9. The maximum absolute atomic E-state index is 2.93. The molecule has 10 rings (SSSR count). The van der Waals surface area contributed by atoms with Crippen LogP contribution in [0.3, 0.4) is 0 Å². The quantitative estimate of drug-likeness (QED) is 0.286. The molecule has 0 spiro atoms. The van der Waals surface area contributed by atoms with E-state index < -0.39 is 0 Å². The number of allylic oxidation sites excluding steroid dienone is 13. The van der Waals surface area contributed by atoms with E-state index in [4.69, 9.17) is 0 Å². The monoisotopic (exact) mass is 669 g/mol. The first-order valence-corrected chi connectivity index (χ1v) is 20.6. The Labute approximate surface area is 307 Å². The number of benzene rings is 2. The van der Waals surface area contributed by atoms with Gasteiger partial charge < -0.3 is 4.90 Å². The standard InChI is InChI=1S/C50H55N/c1-49(2)46-32-36(50(35-18-5-3-6-19-35)44-25-13-11-23-40(44)41-24-12-14-26-45(41)50)28-30-42(46)43-31-29-38(33-47(43)49)51(37-20-7-4-8-21-37)48-27-15-17-34-16-9-10-22-39(34)48/h4,7-10,15-18,20-23,25,29,31-33,36,42-43,47-48H,3,5-6,11-14,19,24,26-28,30H2,1-2H3. The van der Waals surface area contributed by atoms with Gasteiger partial charge in [0.2, 0.25) is 0 Å². The summed E-state index contributed by atoms with van der Waals surface area (Å²) in [6, 6.07) is 20.5. The molecule has 0 bridgehead atoms. The van der Waals surface area contributed by atoms with Gasteiger partial charge in [0.1, 0.15) is 0 Å². The van der Waals surface area contributed by atoms with E-state index in [1.165, 1.54) is 99.6 Å². The Kier molecular flexibility index (Phi) is 7.74. The molecule has 260 valence electrons. The fraction of sp³-hybridized carbons (Fsp3) is 0.440. The van der Waals surface area contributed by atoms with E-state index in [1.807, 2.05) is 5.57 Å². The van der Waals surface area contributed by atoms with Crippen LogP contribution < -0.4 is 4.90 Å². The van der Waals surface area contributed by atoms with E-state index in [-0.39, 0.29) is 16.9 Å². The highest BCUT2D eigenvalue weighted by Gasteiger charge is 2.58. The molecule has 0 radical (unpaired) electrons. The molecular weight excluding hydrogens is 615 g/mol. The molecule has 8 aliphatic rings. The minimum atomic E-state index is 0.112. The van der Waals surface area contributed by atoms with Crippen molar-refractivity contribution in [3.05, 3.63) is 153 Å². The second kappa shape index (κ2) is 12.4. The van der Waals surface area contributed by atoms with Crippen LogP contribution in [0, 0.1) is 34.5 Å². The minimum absolute atomic E-state index is 0.112. The van der Waals surface area contributed by atoms with Gasteiger partial charge in [0, 0.05) is 16.8 Å². The van der Waals surface area contributed by atoms with Gasteiger partial charge >= 0.3 is 0 Å². The van der Waals surface area contributed by atoms with Gasteiger partial charge in [-0.25, -0.2) is 0 Å². The molecule has 1 nitrogen and oxygen atoms in total. The zero-order valence-corrected chi connectivity index (χ0v) is 30.9. The van der Waals surface area contributed by atoms with Crippen molar-refractivity contribution < 1.29 is 0 Å². The van der Waals surface area contributed by atoms with Crippen LogP contribution >= 0.6 is 0 Å². The molecule has 0 amide bonds. The highest BCUT2D eigenvalue weighted by molar-refractivity contribution is 5.69. The average Bonchev–Trinajstić information content (AvgIpc) is 3.61. The van der Waals surface area contributed by atoms with E-state index in [1.54, 1.807) is 27.9 Å². The highest BCUT2D eigenvalue weighted by atomic mass is 15.2. The van der Waals surface area contributed by atoms with Gasteiger partial charge in [-0.05, 0) is 159 Å². The molecule has 2 aromatic rings. The van der Waals surface area contributed by atoms with Crippen molar-refractivity contribution in [2.45, 2.75) is 103 Å². The zero-order valence-electron chi connectivity index (χ0n) is 30.9. The lowest BCUT2D eigenvalue weighted by atomic mass is 9.56. The van der Waals surface area contributed by atoms with E-state index in [0.29, 0.717) is 23.7 Å². The molecule has 2 aromatic carbocycles. The maximum Gasteiger partial charge on any atom is 0.0631 e. The van der Waals surface area contributed by atoms with Crippen LogP contribution in [0.2, 0.25) is 0 Å². The molecule has 1 saturated carbocycles. The van der Waals surface area contributed by atoms with Crippen molar-refractivity contribution in [2.75, 3.05) is 4.90 Å².